The SMILES string of the molecule is COCc1c(C(=O)N2CCNC(=O)CC2)sc2cccc(F)c12. The van der Waals surface area contributed by atoms with Crippen molar-refractivity contribution in [3.8, 4) is 0 Å². The first-order valence-corrected chi connectivity index (χ1v) is 8.18. The van der Waals surface area contributed by atoms with E-state index >= 15 is 0 Å². The van der Waals surface area contributed by atoms with Crippen molar-refractivity contribution in [2.24, 2.45) is 0 Å². The minimum absolute atomic E-state index is 0.0557. The second-order valence-electron chi connectivity index (χ2n) is 5.35. The van der Waals surface area contributed by atoms with Crippen LogP contribution in [0, 0.1) is 5.82 Å². The van der Waals surface area contributed by atoms with Gasteiger partial charge in [-0.1, -0.05) is 6.07 Å². The van der Waals surface area contributed by atoms with E-state index in [-0.39, 0.29) is 30.7 Å². The lowest BCUT2D eigenvalue weighted by molar-refractivity contribution is -0.120. The third-order valence-corrected chi connectivity index (χ3v) is 5.03. The molecule has 1 aromatic carbocycles. The van der Waals surface area contributed by atoms with Gasteiger partial charge < -0.3 is 15.0 Å². The summed E-state index contributed by atoms with van der Waals surface area (Å²) in [5.74, 6) is -0.577. The van der Waals surface area contributed by atoms with E-state index in [1.54, 1.807) is 17.0 Å². The summed E-state index contributed by atoms with van der Waals surface area (Å²) in [6, 6.07) is 4.82. The molecule has 0 saturated carbocycles. The van der Waals surface area contributed by atoms with Gasteiger partial charge in [-0.15, -0.1) is 11.3 Å². The third-order valence-electron chi connectivity index (χ3n) is 3.85. The highest BCUT2D eigenvalue weighted by Crippen LogP contribution is 2.34. The fraction of sp³-hybridized carbons (Fsp3) is 0.375. The summed E-state index contributed by atoms with van der Waals surface area (Å²) in [6.07, 6.45) is 0.282. The van der Waals surface area contributed by atoms with Gasteiger partial charge in [-0.2, -0.15) is 0 Å². The molecule has 1 saturated heterocycles. The standard InChI is InChI=1S/C16H17FN2O3S/c1-22-9-10-14-11(17)3-2-4-12(14)23-15(10)16(21)19-7-5-13(20)18-6-8-19/h2-4H,5-9H2,1H3,(H,18,20). The zero-order valence-electron chi connectivity index (χ0n) is 12.7. The molecule has 1 aromatic heterocycles. The Morgan fingerprint density at radius 2 is 2.26 bits per heavy atom. The lowest BCUT2D eigenvalue weighted by atomic mass is 10.1. The molecule has 1 aliphatic rings. The number of nitrogens with one attached hydrogen (secondary N) is 1. The molecular formula is C16H17FN2O3S. The molecule has 0 bridgehead atoms. The van der Waals surface area contributed by atoms with E-state index in [0.29, 0.717) is 35.5 Å². The number of nitrogens with zero attached hydrogens (tertiary/aromatic N) is 1. The average Bonchev–Trinajstić information content (AvgIpc) is 2.76. The number of ether oxygens (including phenoxy) is 1. The monoisotopic (exact) mass is 336 g/mol. The number of rotatable bonds is 3. The van der Waals surface area contributed by atoms with Gasteiger partial charge in [0.2, 0.25) is 5.91 Å². The van der Waals surface area contributed by atoms with Crippen LogP contribution in [0.15, 0.2) is 18.2 Å². The van der Waals surface area contributed by atoms with Crippen molar-refractivity contribution >= 4 is 33.2 Å². The smallest absolute Gasteiger partial charge is 0.264 e. The van der Waals surface area contributed by atoms with Crippen LogP contribution in [0.3, 0.4) is 0 Å². The van der Waals surface area contributed by atoms with Crippen molar-refractivity contribution in [1.82, 2.24) is 10.2 Å². The second-order valence-corrected chi connectivity index (χ2v) is 6.40. The molecule has 2 aromatic rings. The van der Waals surface area contributed by atoms with Crippen LogP contribution in [0.2, 0.25) is 0 Å². The van der Waals surface area contributed by atoms with E-state index in [4.69, 9.17) is 4.74 Å². The Hall–Kier alpha value is -1.99. The maximum absolute atomic E-state index is 14.2. The van der Waals surface area contributed by atoms with E-state index in [0.717, 1.165) is 4.70 Å². The Bertz CT molecular complexity index is 759. The predicted octanol–water partition coefficient (Wildman–Crippen LogP) is 2.15. The van der Waals surface area contributed by atoms with Gasteiger partial charge in [-0.05, 0) is 12.1 Å². The van der Waals surface area contributed by atoms with Crippen molar-refractivity contribution in [2.45, 2.75) is 13.0 Å². The van der Waals surface area contributed by atoms with Crippen LogP contribution in [0.1, 0.15) is 21.7 Å². The molecule has 0 radical (unpaired) electrons. The van der Waals surface area contributed by atoms with Gasteiger partial charge in [0, 0.05) is 48.8 Å². The molecule has 5 nitrogen and oxygen atoms in total. The van der Waals surface area contributed by atoms with E-state index < -0.39 is 0 Å². The number of halogens is 1. The number of carbonyl (C=O) groups is 2. The highest BCUT2D eigenvalue weighted by molar-refractivity contribution is 7.21. The van der Waals surface area contributed by atoms with E-state index in [1.807, 2.05) is 0 Å². The van der Waals surface area contributed by atoms with Crippen molar-refractivity contribution in [2.75, 3.05) is 26.7 Å². The van der Waals surface area contributed by atoms with E-state index in [9.17, 15) is 14.0 Å². The molecule has 2 amide bonds. The maximum Gasteiger partial charge on any atom is 0.264 e. The van der Waals surface area contributed by atoms with Crippen LogP contribution in [0.5, 0.6) is 0 Å². The van der Waals surface area contributed by atoms with Crippen LogP contribution in [-0.2, 0) is 16.1 Å². The minimum Gasteiger partial charge on any atom is -0.380 e. The molecule has 23 heavy (non-hydrogen) atoms. The van der Waals surface area contributed by atoms with Gasteiger partial charge >= 0.3 is 0 Å². The van der Waals surface area contributed by atoms with Gasteiger partial charge in [0.15, 0.2) is 0 Å². The molecule has 1 N–H and O–H groups in total. The lowest BCUT2D eigenvalue weighted by Gasteiger charge is -2.19. The quantitative estimate of drug-likeness (QED) is 0.934. The van der Waals surface area contributed by atoms with Gasteiger partial charge in [0.05, 0.1) is 11.5 Å². The fourth-order valence-corrected chi connectivity index (χ4v) is 3.93. The number of hydrogen-bond donors (Lipinski definition) is 1. The number of benzene rings is 1. The molecule has 1 fully saturated rings. The first kappa shape index (κ1) is 15.9. The van der Waals surface area contributed by atoms with Crippen molar-refractivity contribution in [1.29, 1.82) is 0 Å². The molecule has 0 atom stereocenters. The number of hydrogen-bond acceptors (Lipinski definition) is 4. The van der Waals surface area contributed by atoms with Gasteiger partial charge in [0.25, 0.3) is 5.91 Å². The number of thiophene rings is 1. The number of fused-ring (bicyclic) bond motifs is 1. The largest absolute Gasteiger partial charge is 0.380 e. The molecular weight excluding hydrogens is 319 g/mol. The second kappa shape index (κ2) is 6.64. The highest BCUT2D eigenvalue weighted by Gasteiger charge is 2.26. The summed E-state index contributed by atoms with van der Waals surface area (Å²) in [6.45, 7) is 1.43. The summed E-state index contributed by atoms with van der Waals surface area (Å²) in [5.41, 5.74) is 0.583. The van der Waals surface area contributed by atoms with Crippen LogP contribution in [-0.4, -0.2) is 43.5 Å². The Kier molecular flexibility index (Phi) is 4.58. The summed E-state index contributed by atoms with van der Waals surface area (Å²) in [4.78, 5) is 26.4. The van der Waals surface area contributed by atoms with Crippen molar-refractivity contribution < 1.29 is 18.7 Å². The highest BCUT2D eigenvalue weighted by atomic mass is 32.1. The molecule has 0 spiro atoms. The van der Waals surface area contributed by atoms with Crippen LogP contribution < -0.4 is 5.32 Å². The molecule has 3 rings (SSSR count). The number of carbonyl (C=O) groups excluding carboxylic acids is 2. The molecule has 122 valence electrons. The summed E-state index contributed by atoms with van der Waals surface area (Å²) >= 11 is 1.27. The van der Waals surface area contributed by atoms with Crippen molar-refractivity contribution in [3.63, 3.8) is 0 Å². The number of methoxy groups -OCH3 is 1. The van der Waals surface area contributed by atoms with Crippen LogP contribution in [0.25, 0.3) is 10.1 Å². The summed E-state index contributed by atoms with van der Waals surface area (Å²) in [7, 11) is 1.52. The third kappa shape index (κ3) is 3.07. The molecule has 1 aliphatic heterocycles. The number of amides is 2. The first-order chi connectivity index (χ1) is 11.1. The van der Waals surface area contributed by atoms with Crippen LogP contribution in [0.4, 0.5) is 4.39 Å². The normalized spacial score (nSPS) is 15.6. The molecule has 0 unspecified atom stereocenters. The first-order valence-electron chi connectivity index (χ1n) is 7.36. The van der Waals surface area contributed by atoms with Gasteiger partial charge in [0.1, 0.15) is 5.82 Å². The van der Waals surface area contributed by atoms with Crippen LogP contribution >= 0.6 is 11.3 Å². The Labute approximate surface area is 137 Å². The van der Waals surface area contributed by atoms with Gasteiger partial charge in [-0.25, -0.2) is 4.39 Å². The predicted molar refractivity (Wildman–Crippen MR) is 86.0 cm³/mol. The van der Waals surface area contributed by atoms with Gasteiger partial charge in [-0.3, -0.25) is 9.59 Å². The lowest BCUT2D eigenvalue weighted by Crippen LogP contribution is -2.34. The van der Waals surface area contributed by atoms with E-state index in [1.165, 1.54) is 24.5 Å². The zero-order chi connectivity index (χ0) is 16.4. The Morgan fingerprint density at radius 1 is 1.43 bits per heavy atom. The summed E-state index contributed by atoms with van der Waals surface area (Å²) < 4.78 is 20.1. The van der Waals surface area contributed by atoms with Crippen molar-refractivity contribution in [3.05, 3.63) is 34.5 Å². The Morgan fingerprint density at radius 3 is 3.04 bits per heavy atom. The van der Waals surface area contributed by atoms with E-state index in [2.05, 4.69) is 5.32 Å². The molecule has 0 aliphatic carbocycles. The zero-order valence-corrected chi connectivity index (χ0v) is 13.5. The molecule has 2 heterocycles. The molecule has 7 heteroatoms. The Balaban J connectivity index is 2.01. The topological polar surface area (TPSA) is 58.6 Å². The minimum atomic E-state index is -0.349. The fourth-order valence-electron chi connectivity index (χ4n) is 2.74. The average molecular weight is 336 g/mol. The maximum atomic E-state index is 14.2. The summed E-state index contributed by atoms with van der Waals surface area (Å²) in [5, 5.41) is 3.19.